The third-order valence-corrected chi connectivity index (χ3v) is 4.43. The SMILES string of the molecule is CC(=O)C1=CC2(C)CCC(C)(C)C2C1. The van der Waals surface area contributed by atoms with Crippen molar-refractivity contribution in [1.82, 2.24) is 0 Å². The zero-order valence-electron chi connectivity index (χ0n) is 9.68. The summed E-state index contributed by atoms with van der Waals surface area (Å²) in [6.07, 6.45) is 5.82. The van der Waals surface area contributed by atoms with E-state index in [4.69, 9.17) is 0 Å². The molecular formula is C13H20O. The van der Waals surface area contributed by atoms with Gasteiger partial charge in [-0.3, -0.25) is 4.79 Å². The van der Waals surface area contributed by atoms with Crippen molar-refractivity contribution in [1.29, 1.82) is 0 Å². The van der Waals surface area contributed by atoms with Crippen LogP contribution in [0.3, 0.4) is 0 Å². The lowest BCUT2D eigenvalue weighted by atomic mass is 9.73. The van der Waals surface area contributed by atoms with Crippen molar-refractivity contribution < 1.29 is 4.79 Å². The summed E-state index contributed by atoms with van der Waals surface area (Å²) < 4.78 is 0. The first kappa shape index (κ1) is 9.95. The largest absolute Gasteiger partial charge is 0.295 e. The van der Waals surface area contributed by atoms with Crippen molar-refractivity contribution in [2.45, 2.75) is 47.0 Å². The smallest absolute Gasteiger partial charge is 0.155 e. The van der Waals surface area contributed by atoms with Crippen molar-refractivity contribution in [3.05, 3.63) is 11.6 Å². The highest BCUT2D eigenvalue weighted by Crippen LogP contribution is 2.60. The van der Waals surface area contributed by atoms with E-state index in [1.807, 2.05) is 0 Å². The van der Waals surface area contributed by atoms with Crippen molar-refractivity contribution in [3.8, 4) is 0 Å². The van der Waals surface area contributed by atoms with Crippen molar-refractivity contribution in [2.24, 2.45) is 16.7 Å². The summed E-state index contributed by atoms with van der Waals surface area (Å²) in [4.78, 5) is 11.4. The van der Waals surface area contributed by atoms with E-state index in [2.05, 4.69) is 26.8 Å². The number of Topliss-reactive ketones (excluding diaryl/α,β-unsaturated/α-hetero) is 1. The maximum absolute atomic E-state index is 11.4. The van der Waals surface area contributed by atoms with E-state index in [0.717, 1.165) is 12.0 Å². The summed E-state index contributed by atoms with van der Waals surface area (Å²) >= 11 is 0. The minimum atomic E-state index is 0.274. The lowest BCUT2D eigenvalue weighted by Crippen LogP contribution is -2.24. The van der Waals surface area contributed by atoms with Crippen molar-refractivity contribution >= 4 is 5.78 Å². The van der Waals surface area contributed by atoms with Crippen LogP contribution in [0.5, 0.6) is 0 Å². The van der Waals surface area contributed by atoms with Gasteiger partial charge in [0.05, 0.1) is 0 Å². The van der Waals surface area contributed by atoms with Crippen LogP contribution in [0.25, 0.3) is 0 Å². The Morgan fingerprint density at radius 2 is 2.00 bits per heavy atom. The molecule has 2 atom stereocenters. The molecule has 0 spiro atoms. The van der Waals surface area contributed by atoms with Gasteiger partial charge in [-0.1, -0.05) is 26.8 Å². The first-order chi connectivity index (χ1) is 6.35. The molecule has 0 aliphatic heterocycles. The number of allylic oxidation sites excluding steroid dienone is 2. The van der Waals surface area contributed by atoms with Gasteiger partial charge in [0.1, 0.15) is 0 Å². The Morgan fingerprint density at radius 1 is 1.36 bits per heavy atom. The number of hydrogen-bond donors (Lipinski definition) is 0. The fraction of sp³-hybridized carbons (Fsp3) is 0.769. The number of hydrogen-bond acceptors (Lipinski definition) is 1. The molecule has 78 valence electrons. The minimum absolute atomic E-state index is 0.274. The molecule has 0 heterocycles. The average Bonchev–Trinajstić information content (AvgIpc) is 2.50. The molecule has 0 aromatic carbocycles. The first-order valence-electron chi connectivity index (χ1n) is 5.58. The van der Waals surface area contributed by atoms with Crippen LogP contribution in [0.15, 0.2) is 11.6 Å². The number of carbonyl (C=O) groups is 1. The number of ketones is 1. The molecule has 0 bridgehead atoms. The summed E-state index contributed by atoms with van der Waals surface area (Å²) in [6.45, 7) is 8.71. The second-order valence-corrected chi connectivity index (χ2v) is 5.98. The summed E-state index contributed by atoms with van der Waals surface area (Å²) in [7, 11) is 0. The lowest BCUT2D eigenvalue weighted by molar-refractivity contribution is -0.113. The molecule has 0 aromatic rings. The van der Waals surface area contributed by atoms with Gasteiger partial charge in [0.15, 0.2) is 5.78 Å². The highest BCUT2D eigenvalue weighted by atomic mass is 16.1. The Morgan fingerprint density at radius 3 is 2.50 bits per heavy atom. The second kappa shape index (κ2) is 2.71. The van der Waals surface area contributed by atoms with Crippen LogP contribution in [-0.4, -0.2) is 5.78 Å². The van der Waals surface area contributed by atoms with E-state index in [1.54, 1.807) is 6.92 Å². The number of rotatable bonds is 1. The molecule has 2 aliphatic carbocycles. The predicted molar refractivity (Wildman–Crippen MR) is 58.0 cm³/mol. The van der Waals surface area contributed by atoms with Gasteiger partial charge in [-0.05, 0) is 48.5 Å². The average molecular weight is 192 g/mol. The number of fused-ring (bicyclic) bond motifs is 1. The van der Waals surface area contributed by atoms with E-state index in [9.17, 15) is 4.79 Å². The fourth-order valence-corrected chi connectivity index (χ4v) is 3.44. The topological polar surface area (TPSA) is 17.1 Å². The molecule has 0 radical (unpaired) electrons. The standard InChI is InChI=1S/C13H20O/c1-9(14)10-7-11-12(2,3)5-6-13(11,4)8-10/h8,11H,5-7H2,1-4H3. The molecule has 1 nitrogen and oxygen atoms in total. The minimum Gasteiger partial charge on any atom is -0.295 e. The van der Waals surface area contributed by atoms with E-state index >= 15 is 0 Å². The van der Waals surface area contributed by atoms with Crippen molar-refractivity contribution in [2.75, 3.05) is 0 Å². The van der Waals surface area contributed by atoms with Crippen LogP contribution in [-0.2, 0) is 4.79 Å². The lowest BCUT2D eigenvalue weighted by Gasteiger charge is -2.31. The molecule has 2 rings (SSSR count). The van der Waals surface area contributed by atoms with Crippen LogP contribution in [0.4, 0.5) is 0 Å². The van der Waals surface area contributed by atoms with E-state index in [1.165, 1.54) is 12.8 Å². The Kier molecular flexibility index (Phi) is 1.93. The quantitative estimate of drug-likeness (QED) is 0.622. The summed E-state index contributed by atoms with van der Waals surface area (Å²) in [5, 5.41) is 0. The zero-order chi connectivity index (χ0) is 10.6. The molecular weight excluding hydrogens is 172 g/mol. The fourth-order valence-electron chi connectivity index (χ4n) is 3.44. The normalized spacial score (nSPS) is 39.4. The molecule has 14 heavy (non-hydrogen) atoms. The van der Waals surface area contributed by atoms with Gasteiger partial charge in [0, 0.05) is 0 Å². The Balaban J connectivity index is 2.32. The predicted octanol–water partition coefficient (Wildman–Crippen LogP) is 3.35. The van der Waals surface area contributed by atoms with Crippen LogP contribution < -0.4 is 0 Å². The van der Waals surface area contributed by atoms with E-state index < -0.39 is 0 Å². The third-order valence-electron chi connectivity index (χ3n) is 4.43. The number of carbonyl (C=O) groups excluding carboxylic acids is 1. The van der Waals surface area contributed by atoms with E-state index in [0.29, 0.717) is 16.7 Å². The van der Waals surface area contributed by atoms with Crippen LogP contribution in [0, 0.1) is 16.7 Å². The van der Waals surface area contributed by atoms with E-state index in [-0.39, 0.29) is 5.78 Å². The van der Waals surface area contributed by atoms with Gasteiger partial charge in [-0.2, -0.15) is 0 Å². The Bertz CT molecular complexity index is 311. The summed E-state index contributed by atoms with van der Waals surface area (Å²) in [5.74, 6) is 0.963. The summed E-state index contributed by atoms with van der Waals surface area (Å²) in [6, 6.07) is 0. The summed E-state index contributed by atoms with van der Waals surface area (Å²) in [5.41, 5.74) is 1.80. The maximum Gasteiger partial charge on any atom is 0.155 e. The monoisotopic (exact) mass is 192 g/mol. The highest BCUT2D eigenvalue weighted by molar-refractivity contribution is 5.94. The third kappa shape index (κ3) is 1.25. The van der Waals surface area contributed by atoms with Crippen LogP contribution >= 0.6 is 0 Å². The van der Waals surface area contributed by atoms with Gasteiger partial charge in [-0.15, -0.1) is 0 Å². The molecule has 2 aliphatic rings. The zero-order valence-corrected chi connectivity index (χ0v) is 9.68. The molecule has 2 unspecified atom stereocenters. The maximum atomic E-state index is 11.4. The molecule has 1 saturated carbocycles. The Hall–Kier alpha value is -0.590. The highest BCUT2D eigenvalue weighted by Gasteiger charge is 2.51. The van der Waals surface area contributed by atoms with Gasteiger partial charge in [0.2, 0.25) is 0 Å². The Labute approximate surface area is 86.6 Å². The molecule has 0 amide bonds. The second-order valence-electron chi connectivity index (χ2n) is 5.98. The van der Waals surface area contributed by atoms with Gasteiger partial charge in [0.25, 0.3) is 0 Å². The van der Waals surface area contributed by atoms with Crippen LogP contribution in [0.2, 0.25) is 0 Å². The molecule has 1 fully saturated rings. The molecule has 1 heteroatoms. The molecule has 0 N–H and O–H groups in total. The molecule has 0 aromatic heterocycles. The van der Waals surface area contributed by atoms with Gasteiger partial charge in [-0.25, -0.2) is 0 Å². The van der Waals surface area contributed by atoms with Crippen molar-refractivity contribution in [3.63, 3.8) is 0 Å². The van der Waals surface area contributed by atoms with Gasteiger partial charge >= 0.3 is 0 Å². The first-order valence-corrected chi connectivity index (χ1v) is 5.58. The van der Waals surface area contributed by atoms with Crippen LogP contribution in [0.1, 0.15) is 47.0 Å². The van der Waals surface area contributed by atoms with Gasteiger partial charge < -0.3 is 0 Å². The molecule has 0 saturated heterocycles.